The number of aryl methyl sites for hydroxylation is 1. The second-order valence-corrected chi connectivity index (χ2v) is 5.85. The Morgan fingerprint density at radius 2 is 1.85 bits per heavy atom. The number of piperazine rings is 1. The molecule has 2 aliphatic rings. The van der Waals surface area contributed by atoms with Gasteiger partial charge in [-0.3, -0.25) is 14.7 Å². The van der Waals surface area contributed by atoms with Crippen LogP contribution in [-0.4, -0.2) is 58.0 Å². The van der Waals surface area contributed by atoms with E-state index in [1.807, 2.05) is 11.8 Å². The third-order valence-corrected chi connectivity index (χ3v) is 4.37. The van der Waals surface area contributed by atoms with Crippen LogP contribution in [-0.2, 0) is 4.79 Å². The molecule has 1 N–H and O–H groups in total. The van der Waals surface area contributed by atoms with Crippen molar-refractivity contribution in [2.75, 3.05) is 26.2 Å². The van der Waals surface area contributed by atoms with Gasteiger partial charge in [0.15, 0.2) is 0 Å². The summed E-state index contributed by atoms with van der Waals surface area (Å²) in [5.41, 5.74) is 1.42. The van der Waals surface area contributed by atoms with Crippen molar-refractivity contribution < 1.29 is 9.59 Å². The predicted molar refractivity (Wildman–Crippen MR) is 73.1 cm³/mol. The van der Waals surface area contributed by atoms with E-state index in [0.29, 0.717) is 37.7 Å². The van der Waals surface area contributed by atoms with Gasteiger partial charge in [-0.25, -0.2) is 0 Å². The summed E-state index contributed by atoms with van der Waals surface area (Å²) < 4.78 is 0. The molecule has 20 heavy (non-hydrogen) atoms. The number of carbonyl (C=O) groups is 2. The Hall–Kier alpha value is -1.85. The molecule has 1 aliphatic carbocycles. The summed E-state index contributed by atoms with van der Waals surface area (Å²) in [6, 6.07) is 0. The second kappa shape index (κ2) is 4.92. The molecule has 2 heterocycles. The fourth-order valence-electron chi connectivity index (χ4n) is 2.77. The quantitative estimate of drug-likeness (QED) is 0.862. The van der Waals surface area contributed by atoms with Gasteiger partial charge in [-0.2, -0.15) is 5.10 Å². The van der Waals surface area contributed by atoms with E-state index in [4.69, 9.17) is 0 Å². The van der Waals surface area contributed by atoms with Gasteiger partial charge in [0.2, 0.25) is 5.91 Å². The predicted octanol–water partition coefficient (Wildman–Crippen LogP) is 0.659. The van der Waals surface area contributed by atoms with Crippen molar-refractivity contribution >= 4 is 11.8 Å². The topological polar surface area (TPSA) is 69.3 Å². The Balaban J connectivity index is 1.57. The molecule has 0 unspecified atom stereocenters. The number of aromatic amines is 1. The first-order valence-corrected chi connectivity index (χ1v) is 7.16. The fraction of sp³-hybridized carbons (Fsp3) is 0.643. The average Bonchev–Trinajstić information content (AvgIpc) is 3.03. The van der Waals surface area contributed by atoms with E-state index in [1.165, 1.54) is 0 Å². The van der Waals surface area contributed by atoms with E-state index in [0.717, 1.165) is 12.1 Å². The molecule has 6 heteroatoms. The summed E-state index contributed by atoms with van der Waals surface area (Å²) in [7, 11) is 0. The summed E-state index contributed by atoms with van der Waals surface area (Å²) in [4.78, 5) is 28.2. The normalized spacial score (nSPS) is 25.7. The first kappa shape index (κ1) is 13.1. The maximum absolute atomic E-state index is 12.3. The lowest BCUT2D eigenvalue weighted by atomic mass is 10.2. The third-order valence-electron chi connectivity index (χ3n) is 4.37. The van der Waals surface area contributed by atoms with Crippen molar-refractivity contribution in [2.45, 2.75) is 20.3 Å². The van der Waals surface area contributed by atoms with E-state index in [2.05, 4.69) is 17.1 Å². The van der Waals surface area contributed by atoms with Gasteiger partial charge in [-0.15, -0.1) is 0 Å². The minimum Gasteiger partial charge on any atom is -0.339 e. The van der Waals surface area contributed by atoms with E-state index >= 15 is 0 Å². The second-order valence-electron chi connectivity index (χ2n) is 5.85. The maximum atomic E-state index is 12.3. The van der Waals surface area contributed by atoms with Crippen molar-refractivity contribution in [2.24, 2.45) is 11.8 Å². The zero-order chi connectivity index (χ0) is 14.3. The van der Waals surface area contributed by atoms with Gasteiger partial charge in [0.25, 0.3) is 5.91 Å². The Bertz CT molecular complexity index is 531. The van der Waals surface area contributed by atoms with Crippen molar-refractivity contribution in [1.82, 2.24) is 20.0 Å². The summed E-state index contributed by atoms with van der Waals surface area (Å²) in [6.45, 7) is 6.46. The van der Waals surface area contributed by atoms with Gasteiger partial charge in [0.05, 0.1) is 11.8 Å². The van der Waals surface area contributed by atoms with Crippen LogP contribution in [0.25, 0.3) is 0 Å². The maximum Gasteiger partial charge on any atom is 0.257 e. The standard InChI is InChI=1S/C14H20N4O2/c1-9-7-11(9)13(19)17-3-5-18(6-4-17)14(20)12-8-15-16-10(12)2/h8-9,11H,3-7H2,1-2H3,(H,15,16)/t9-,11+/m0/s1. The van der Waals surface area contributed by atoms with E-state index in [1.54, 1.807) is 11.1 Å². The molecule has 0 bridgehead atoms. The van der Waals surface area contributed by atoms with Gasteiger partial charge in [0, 0.05) is 37.8 Å². The lowest BCUT2D eigenvalue weighted by Crippen LogP contribution is -2.51. The molecule has 1 aromatic rings. The van der Waals surface area contributed by atoms with Crippen LogP contribution in [0.2, 0.25) is 0 Å². The van der Waals surface area contributed by atoms with Gasteiger partial charge < -0.3 is 9.80 Å². The molecule has 2 fully saturated rings. The number of rotatable bonds is 2. The van der Waals surface area contributed by atoms with Crippen LogP contribution in [0, 0.1) is 18.8 Å². The number of aromatic nitrogens is 2. The SMILES string of the molecule is Cc1[nH]ncc1C(=O)N1CCN(C(=O)[C@@H]2C[C@@H]2C)CC1. The number of amides is 2. The molecule has 6 nitrogen and oxygen atoms in total. The smallest absolute Gasteiger partial charge is 0.257 e. The van der Waals surface area contributed by atoms with E-state index < -0.39 is 0 Å². The fourth-order valence-corrected chi connectivity index (χ4v) is 2.77. The Morgan fingerprint density at radius 1 is 1.25 bits per heavy atom. The number of nitrogens with zero attached hydrogens (tertiary/aromatic N) is 3. The Kier molecular flexibility index (Phi) is 3.23. The molecule has 2 atom stereocenters. The van der Waals surface area contributed by atoms with Gasteiger partial charge in [-0.05, 0) is 19.3 Å². The zero-order valence-electron chi connectivity index (χ0n) is 11.9. The molecule has 1 saturated heterocycles. The van der Waals surface area contributed by atoms with Crippen molar-refractivity contribution in [1.29, 1.82) is 0 Å². The molecule has 0 aromatic carbocycles. The van der Waals surface area contributed by atoms with Crippen LogP contribution in [0.1, 0.15) is 29.4 Å². The highest BCUT2D eigenvalue weighted by atomic mass is 16.2. The first-order valence-electron chi connectivity index (χ1n) is 7.16. The van der Waals surface area contributed by atoms with Crippen molar-refractivity contribution in [3.8, 4) is 0 Å². The molecular formula is C14H20N4O2. The lowest BCUT2D eigenvalue weighted by Gasteiger charge is -2.35. The highest BCUT2D eigenvalue weighted by Crippen LogP contribution is 2.39. The zero-order valence-corrected chi connectivity index (χ0v) is 11.9. The number of carbonyl (C=O) groups excluding carboxylic acids is 2. The highest BCUT2D eigenvalue weighted by Gasteiger charge is 2.42. The summed E-state index contributed by atoms with van der Waals surface area (Å²) in [5, 5.41) is 6.67. The average molecular weight is 276 g/mol. The van der Waals surface area contributed by atoms with Crippen molar-refractivity contribution in [3.05, 3.63) is 17.5 Å². The molecule has 1 aromatic heterocycles. The van der Waals surface area contributed by atoms with Gasteiger partial charge in [-0.1, -0.05) is 6.92 Å². The first-order chi connectivity index (χ1) is 9.58. The Morgan fingerprint density at radius 3 is 2.35 bits per heavy atom. The number of hydrogen-bond donors (Lipinski definition) is 1. The van der Waals surface area contributed by atoms with E-state index in [9.17, 15) is 9.59 Å². The van der Waals surface area contributed by atoms with Crippen LogP contribution < -0.4 is 0 Å². The monoisotopic (exact) mass is 276 g/mol. The lowest BCUT2D eigenvalue weighted by molar-refractivity contribution is -0.134. The molecule has 0 spiro atoms. The van der Waals surface area contributed by atoms with Gasteiger partial charge >= 0.3 is 0 Å². The number of nitrogens with one attached hydrogen (secondary N) is 1. The Labute approximate surface area is 118 Å². The summed E-state index contributed by atoms with van der Waals surface area (Å²) in [6.07, 6.45) is 2.59. The number of H-pyrrole nitrogens is 1. The minimum absolute atomic E-state index is 0.00291. The summed E-state index contributed by atoms with van der Waals surface area (Å²) in [5.74, 6) is 1.04. The molecular weight excluding hydrogens is 256 g/mol. The molecule has 108 valence electrons. The van der Waals surface area contributed by atoms with Crippen LogP contribution in [0.3, 0.4) is 0 Å². The molecule has 3 rings (SSSR count). The van der Waals surface area contributed by atoms with Crippen LogP contribution in [0.4, 0.5) is 0 Å². The van der Waals surface area contributed by atoms with Crippen LogP contribution >= 0.6 is 0 Å². The molecule has 0 radical (unpaired) electrons. The van der Waals surface area contributed by atoms with Gasteiger partial charge in [0.1, 0.15) is 0 Å². The molecule has 1 saturated carbocycles. The molecule has 2 amide bonds. The number of hydrogen-bond acceptors (Lipinski definition) is 3. The van der Waals surface area contributed by atoms with Crippen molar-refractivity contribution in [3.63, 3.8) is 0 Å². The minimum atomic E-state index is 0.00291. The van der Waals surface area contributed by atoms with Crippen LogP contribution in [0.5, 0.6) is 0 Å². The highest BCUT2D eigenvalue weighted by molar-refractivity contribution is 5.95. The van der Waals surface area contributed by atoms with Crippen LogP contribution in [0.15, 0.2) is 6.20 Å². The summed E-state index contributed by atoms with van der Waals surface area (Å²) >= 11 is 0. The molecule has 1 aliphatic heterocycles. The van der Waals surface area contributed by atoms with E-state index in [-0.39, 0.29) is 17.7 Å². The third kappa shape index (κ3) is 2.30. The largest absolute Gasteiger partial charge is 0.339 e.